The van der Waals surface area contributed by atoms with Crippen molar-refractivity contribution in [3.63, 3.8) is 0 Å². The first-order valence-corrected chi connectivity index (χ1v) is 4.89. The fraction of sp³-hybridized carbons (Fsp3) is 0.500. The summed E-state index contributed by atoms with van der Waals surface area (Å²) in [6.07, 6.45) is 5.92. The van der Waals surface area contributed by atoms with Crippen LogP contribution < -0.4 is 5.73 Å². The van der Waals surface area contributed by atoms with Crippen LogP contribution >= 0.6 is 0 Å². The third-order valence-corrected chi connectivity index (χ3v) is 1.90. The topological polar surface area (TPSA) is 64.7 Å². The van der Waals surface area contributed by atoms with Crippen LogP contribution in [0.25, 0.3) is 6.08 Å². The van der Waals surface area contributed by atoms with Gasteiger partial charge in [0.2, 0.25) is 5.95 Å². The van der Waals surface area contributed by atoms with E-state index >= 15 is 0 Å². The predicted molar refractivity (Wildman–Crippen MR) is 57.6 cm³/mol. The smallest absolute Gasteiger partial charge is 0.223 e. The Bertz CT molecular complexity index is 309. The van der Waals surface area contributed by atoms with Crippen LogP contribution in [-0.4, -0.2) is 15.0 Å². The molecule has 4 heteroatoms. The van der Waals surface area contributed by atoms with Gasteiger partial charge in [0, 0.05) is 6.42 Å². The molecule has 0 saturated heterocycles. The zero-order valence-electron chi connectivity index (χ0n) is 8.53. The van der Waals surface area contributed by atoms with Gasteiger partial charge in [0.25, 0.3) is 0 Å². The molecule has 4 nitrogen and oxygen atoms in total. The van der Waals surface area contributed by atoms with Crippen LogP contribution in [0.2, 0.25) is 0 Å². The van der Waals surface area contributed by atoms with E-state index in [1.165, 1.54) is 12.8 Å². The number of anilines is 1. The third kappa shape index (κ3) is 3.12. The van der Waals surface area contributed by atoms with E-state index in [1.54, 1.807) is 6.08 Å². The molecule has 14 heavy (non-hydrogen) atoms. The number of hydrogen-bond acceptors (Lipinski definition) is 4. The molecule has 1 aromatic heterocycles. The molecule has 2 N–H and O–H groups in total. The largest absolute Gasteiger partial charge is 0.368 e. The van der Waals surface area contributed by atoms with Gasteiger partial charge in [-0.2, -0.15) is 9.97 Å². The van der Waals surface area contributed by atoms with Gasteiger partial charge in [-0.15, -0.1) is 0 Å². The lowest BCUT2D eigenvalue weighted by Gasteiger charge is -2.01. The van der Waals surface area contributed by atoms with Gasteiger partial charge in [0.05, 0.1) is 0 Å². The summed E-state index contributed by atoms with van der Waals surface area (Å²) >= 11 is 0. The number of aromatic nitrogens is 3. The molecule has 1 aromatic rings. The second-order valence-electron chi connectivity index (χ2n) is 3.13. The van der Waals surface area contributed by atoms with Crippen LogP contribution in [-0.2, 0) is 6.42 Å². The van der Waals surface area contributed by atoms with Crippen molar-refractivity contribution in [1.82, 2.24) is 15.0 Å². The lowest BCUT2D eigenvalue weighted by atomic mass is 10.2. The van der Waals surface area contributed by atoms with Crippen molar-refractivity contribution < 1.29 is 0 Å². The highest BCUT2D eigenvalue weighted by molar-refractivity contribution is 5.38. The van der Waals surface area contributed by atoms with Crippen molar-refractivity contribution in [2.24, 2.45) is 0 Å². The molecule has 1 rings (SSSR count). The molecule has 76 valence electrons. The van der Waals surface area contributed by atoms with Gasteiger partial charge in [-0.1, -0.05) is 26.3 Å². The third-order valence-electron chi connectivity index (χ3n) is 1.90. The van der Waals surface area contributed by atoms with E-state index in [0.717, 1.165) is 18.7 Å². The fourth-order valence-electron chi connectivity index (χ4n) is 1.19. The van der Waals surface area contributed by atoms with Crippen LogP contribution in [0.3, 0.4) is 0 Å². The van der Waals surface area contributed by atoms with E-state index in [-0.39, 0.29) is 5.95 Å². The molecule has 0 amide bonds. The Balaban J connectivity index is 2.66. The van der Waals surface area contributed by atoms with E-state index in [1.807, 2.05) is 0 Å². The normalized spacial score (nSPS) is 10.1. The first-order chi connectivity index (χ1) is 6.76. The molecule has 0 spiro atoms. The quantitative estimate of drug-likeness (QED) is 0.723. The maximum absolute atomic E-state index is 5.53. The van der Waals surface area contributed by atoms with Gasteiger partial charge >= 0.3 is 0 Å². The van der Waals surface area contributed by atoms with E-state index in [2.05, 4.69) is 28.5 Å². The number of hydrogen-bond donors (Lipinski definition) is 1. The zero-order valence-corrected chi connectivity index (χ0v) is 8.53. The van der Waals surface area contributed by atoms with Crippen LogP contribution in [0.4, 0.5) is 5.95 Å². The number of nitrogens with zero attached hydrogens (tertiary/aromatic N) is 3. The highest BCUT2D eigenvalue weighted by atomic mass is 15.1. The Kier molecular flexibility index (Phi) is 4.04. The molecule has 0 aliphatic heterocycles. The fourth-order valence-corrected chi connectivity index (χ4v) is 1.19. The summed E-state index contributed by atoms with van der Waals surface area (Å²) in [5.41, 5.74) is 5.53. The van der Waals surface area contributed by atoms with Crippen LogP contribution in [0.5, 0.6) is 0 Å². The number of rotatable bonds is 5. The molecule has 1 heterocycles. The zero-order chi connectivity index (χ0) is 10.4. The maximum atomic E-state index is 5.53. The molecule has 0 radical (unpaired) electrons. The maximum Gasteiger partial charge on any atom is 0.223 e. The number of unbranched alkanes of at least 4 members (excludes halogenated alkanes) is 2. The summed E-state index contributed by atoms with van der Waals surface area (Å²) < 4.78 is 0. The summed E-state index contributed by atoms with van der Waals surface area (Å²) in [6.45, 7) is 5.76. The summed E-state index contributed by atoms with van der Waals surface area (Å²) in [6, 6.07) is 0. The Hall–Kier alpha value is -1.45. The van der Waals surface area contributed by atoms with Gasteiger partial charge < -0.3 is 5.73 Å². The Labute approximate surface area is 84.3 Å². The predicted octanol–water partition coefficient (Wildman–Crippen LogP) is 1.83. The highest BCUT2D eigenvalue weighted by Crippen LogP contribution is 2.04. The molecule has 0 bridgehead atoms. The minimum atomic E-state index is 0.279. The van der Waals surface area contributed by atoms with Gasteiger partial charge in [0.1, 0.15) is 5.82 Å². The first kappa shape index (κ1) is 10.6. The van der Waals surface area contributed by atoms with E-state index in [4.69, 9.17) is 5.73 Å². The van der Waals surface area contributed by atoms with Crippen LogP contribution in [0.1, 0.15) is 37.8 Å². The highest BCUT2D eigenvalue weighted by Gasteiger charge is 2.01. The number of nitrogen functional groups attached to an aromatic ring is 1. The molecule has 0 saturated carbocycles. The van der Waals surface area contributed by atoms with Gasteiger partial charge in [-0.3, -0.25) is 0 Å². The van der Waals surface area contributed by atoms with E-state index < -0.39 is 0 Å². The van der Waals surface area contributed by atoms with Crippen molar-refractivity contribution in [3.8, 4) is 0 Å². The lowest BCUT2D eigenvalue weighted by Crippen LogP contribution is -2.04. The number of aryl methyl sites for hydroxylation is 1. The standard InChI is InChI=1S/C10H16N4/c1-3-5-6-7-9-12-8(4-2)13-10(11)14-9/h4H,2-3,5-7H2,1H3,(H2,11,12,13,14). The van der Waals surface area contributed by atoms with E-state index in [0.29, 0.717) is 5.82 Å². The summed E-state index contributed by atoms with van der Waals surface area (Å²) in [4.78, 5) is 12.2. The van der Waals surface area contributed by atoms with Crippen molar-refractivity contribution in [1.29, 1.82) is 0 Å². The minimum absolute atomic E-state index is 0.279. The van der Waals surface area contributed by atoms with Crippen molar-refractivity contribution in [2.75, 3.05) is 5.73 Å². The van der Waals surface area contributed by atoms with Crippen molar-refractivity contribution >= 4 is 12.0 Å². The van der Waals surface area contributed by atoms with Crippen LogP contribution in [0, 0.1) is 0 Å². The SMILES string of the molecule is C=Cc1nc(N)nc(CCCCC)n1. The van der Waals surface area contributed by atoms with E-state index in [9.17, 15) is 0 Å². The van der Waals surface area contributed by atoms with Gasteiger partial charge in [0.15, 0.2) is 5.82 Å². The summed E-state index contributed by atoms with van der Waals surface area (Å²) in [5.74, 6) is 1.60. The monoisotopic (exact) mass is 192 g/mol. The Morgan fingerprint density at radius 2 is 2.07 bits per heavy atom. The molecule has 0 unspecified atom stereocenters. The second-order valence-corrected chi connectivity index (χ2v) is 3.13. The lowest BCUT2D eigenvalue weighted by molar-refractivity contribution is 0.690. The molecule has 0 atom stereocenters. The molecule has 0 aliphatic rings. The van der Waals surface area contributed by atoms with Gasteiger partial charge in [-0.25, -0.2) is 4.98 Å². The molecular formula is C10H16N4. The molecule has 0 aliphatic carbocycles. The number of nitrogens with two attached hydrogens (primary N) is 1. The van der Waals surface area contributed by atoms with Gasteiger partial charge in [-0.05, 0) is 12.5 Å². The van der Waals surface area contributed by atoms with Crippen molar-refractivity contribution in [3.05, 3.63) is 18.2 Å². The Morgan fingerprint density at radius 3 is 2.71 bits per heavy atom. The first-order valence-electron chi connectivity index (χ1n) is 4.89. The summed E-state index contributed by atoms with van der Waals surface area (Å²) in [5, 5.41) is 0. The average Bonchev–Trinajstić information content (AvgIpc) is 2.17. The van der Waals surface area contributed by atoms with Crippen molar-refractivity contribution in [2.45, 2.75) is 32.6 Å². The summed E-state index contributed by atoms with van der Waals surface area (Å²) in [7, 11) is 0. The molecular weight excluding hydrogens is 176 g/mol. The van der Waals surface area contributed by atoms with Crippen LogP contribution in [0.15, 0.2) is 6.58 Å². The second kappa shape index (κ2) is 5.32. The molecule has 0 aromatic carbocycles. The average molecular weight is 192 g/mol. The Morgan fingerprint density at radius 1 is 1.29 bits per heavy atom. The minimum Gasteiger partial charge on any atom is -0.368 e. The molecule has 0 fully saturated rings.